The van der Waals surface area contributed by atoms with Crippen LogP contribution in [-0.4, -0.2) is 22.4 Å². The fourth-order valence-corrected chi connectivity index (χ4v) is 2.25. The number of Topliss-reactive ketones (excluding diaryl/α,β-unsaturated/α-hetero) is 1. The lowest BCUT2D eigenvalue weighted by atomic mass is 10.0. The number of anilines is 1. The quantitative estimate of drug-likeness (QED) is 0.804. The Hall–Kier alpha value is -1.68. The largest absolute Gasteiger partial charge is 0.380 e. The summed E-state index contributed by atoms with van der Waals surface area (Å²) in [4.78, 5) is 23.2. The van der Waals surface area contributed by atoms with Gasteiger partial charge in [-0.1, -0.05) is 12.1 Å². The second-order valence-corrected chi connectivity index (χ2v) is 4.83. The molecule has 0 unspecified atom stereocenters. The zero-order valence-electron chi connectivity index (χ0n) is 10.4. The van der Waals surface area contributed by atoms with Gasteiger partial charge in [0.05, 0.1) is 0 Å². The molecular formula is C14H17NO3. The van der Waals surface area contributed by atoms with Crippen LogP contribution in [0.4, 0.5) is 5.69 Å². The molecule has 1 fully saturated rings. The number of hydrogen-bond acceptors (Lipinski definition) is 3. The second kappa shape index (κ2) is 4.90. The molecule has 2 N–H and O–H groups in total. The normalized spacial score (nSPS) is 17.4. The van der Waals surface area contributed by atoms with Crippen LogP contribution in [0.5, 0.6) is 0 Å². The Balaban J connectivity index is 2.11. The van der Waals surface area contributed by atoms with Crippen molar-refractivity contribution in [2.75, 3.05) is 5.32 Å². The van der Waals surface area contributed by atoms with E-state index in [1.807, 2.05) is 0 Å². The van der Waals surface area contributed by atoms with Crippen molar-refractivity contribution >= 4 is 17.4 Å². The highest BCUT2D eigenvalue weighted by Crippen LogP contribution is 2.30. The maximum atomic E-state index is 12.0. The molecule has 0 saturated heterocycles. The molecular weight excluding hydrogens is 230 g/mol. The highest BCUT2D eigenvalue weighted by atomic mass is 16.3. The van der Waals surface area contributed by atoms with Gasteiger partial charge >= 0.3 is 0 Å². The van der Waals surface area contributed by atoms with Crippen LogP contribution < -0.4 is 5.32 Å². The Morgan fingerprint density at radius 2 is 1.94 bits per heavy atom. The SMILES string of the molecule is CC(=O)c1cccc(NC(=O)C2(O)CCCC2)c1. The summed E-state index contributed by atoms with van der Waals surface area (Å²) >= 11 is 0. The van der Waals surface area contributed by atoms with Gasteiger partial charge in [0.1, 0.15) is 5.60 Å². The lowest BCUT2D eigenvalue weighted by Gasteiger charge is -2.21. The van der Waals surface area contributed by atoms with Crippen LogP contribution in [0.3, 0.4) is 0 Å². The molecule has 1 saturated carbocycles. The molecule has 0 radical (unpaired) electrons. The maximum Gasteiger partial charge on any atom is 0.256 e. The van der Waals surface area contributed by atoms with Crippen LogP contribution in [0.15, 0.2) is 24.3 Å². The number of amides is 1. The topological polar surface area (TPSA) is 66.4 Å². The van der Waals surface area contributed by atoms with Gasteiger partial charge in [-0.2, -0.15) is 0 Å². The number of nitrogens with one attached hydrogen (secondary N) is 1. The summed E-state index contributed by atoms with van der Waals surface area (Å²) in [5.41, 5.74) is -0.147. The molecule has 1 aromatic rings. The lowest BCUT2D eigenvalue weighted by molar-refractivity contribution is -0.133. The van der Waals surface area contributed by atoms with E-state index < -0.39 is 5.60 Å². The summed E-state index contributed by atoms with van der Waals surface area (Å²) in [5.74, 6) is -0.425. The Labute approximate surface area is 106 Å². The highest BCUT2D eigenvalue weighted by molar-refractivity contribution is 5.99. The number of carbonyl (C=O) groups is 2. The molecule has 0 aromatic heterocycles. The number of benzene rings is 1. The molecule has 0 bridgehead atoms. The molecule has 0 spiro atoms. The monoisotopic (exact) mass is 247 g/mol. The Morgan fingerprint density at radius 3 is 2.56 bits per heavy atom. The van der Waals surface area contributed by atoms with Gasteiger partial charge in [0.2, 0.25) is 0 Å². The van der Waals surface area contributed by atoms with Crippen molar-refractivity contribution in [2.45, 2.75) is 38.2 Å². The second-order valence-electron chi connectivity index (χ2n) is 4.83. The fraction of sp³-hybridized carbons (Fsp3) is 0.429. The summed E-state index contributed by atoms with van der Waals surface area (Å²) < 4.78 is 0. The first-order valence-corrected chi connectivity index (χ1v) is 6.16. The fourth-order valence-electron chi connectivity index (χ4n) is 2.25. The standard InChI is InChI=1S/C14H17NO3/c1-10(16)11-5-4-6-12(9-11)15-13(17)14(18)7-2-3-8-14/h4-6,9,18H,2-3,7-8H2,1H3,(H,15,17). The molecule has 18 heavy (non-hydrogen) atoms. The number of carbonyl (C=O) groups excluding carboxylic acids is 2. The van der Waals surface area contributed by atoms with Crippen molar-refractivity contribution in [1.29, 1.82) is 0 Å². The minimum Gasteiger partial charge on any atom is -0.380 e. The highest BCUT2D eigenvalue weighted by Gasteiger charge is 2.38. The third-order valence-corrected chi connectivity index (χ3v) is 3.38. The maximum absolute atomic E-state index is 12.0. The molecule has 1 aliphatic carbocycles. The average molecular weight is 247 g/mol. The molecule has 1 aromatic carbocycles. The summed E-state index contributed by atoms with van der Waals surface area (Å²) in [5, 5.41) is 12.8. The van der Waals surface area contributed by atoms with E-state index in [0.717, 1.165) is 12.8 Å². The van der Waals surface area contributed by atoms with E-state index in [1.54, 1.807) is 24.3 Å². The molecule has 0 aliphatic heterocycles. The van der Waals surface area contributed by atoms with Crippen LogP contribution in [-0.2, 0) is 4.79 Å². The number of aliphatic hydroxyl groups is 1. The van der Waals surface area contributed by atoms with E-state index >= 15 is 0 Å². The van der Waals surface area contributed by atoms with E-state index in [2.05, 4.69) is 5.32 Å². The van der Waals surface area contributed by atoms with Gasteiger partial charge < -0.3 is 10.4 Å². The van der Waals surface area contributed by atoms with Crippen molar-refractivity contribution in [3.8, 4) is 0 Å². The van der Waals surface area contributed by atoms with E-state index in [-0.39, 0.29) is 11.7 Å². The van der Waals surface area contributed by atoms with Crippen LogP contribution in [0.25, 0.3) is 0 Å². The van der Waals surface area contributed by atoms with E-state index in [1.165, 1.54) is 6.92 Å². The van der Waals surface area contributed by atoms with Crippen LogP contribution >= 0.6 is 0 Å². The summed E-state index contributed by atoms with van der Waals surface area (Å²) in [6.07, 6.45) is 2.76. The molecule has 2 rings (SSSR count). The summed E-state index contributed by atoms with van der Waals surface area (Å²) in [6.45, 7) is 1.48. The Kier molecular flexibility index (Phi) is 3.48. The van der Waals surface area contributed by atoms with Crippen molar-refractivity contribution < 1.29 is 14.7 Å². The van der Waals surface area contributed by atoms with Crippen LogP contribution in [0.1, 0.15) is 43.0 Å². The third-order valence-electron chi connectivity index (χ3n) is 3.38. The minimum atomic E-state index is -1.24. The molecule has 1 aliphatic rings. The number of rotatable bonds is 3. The van der Waals surface area contributed by atoms with Gasteiger partial charge in [0.15, 0.2) is 5.78 Å². The number of hydrogen-bond donors (Lipinski definition) is 2. The first-order valence-electron chi connectivity index (χ1n) is 6.16. The van der Waals surface area contributed by atoms with E-state index in [0.29, 0.717) is 24.1 Å². The Morgan fingerprint density at radius 1 is 1.28 bits per heavy atom. The van der Waals surface area contributed by atoms with Gasteiger partial charge in [-0.15, -0.1) is 0 Å². The lowest BCUT2D eigenvalue weighted by Crippen LogP contribution is -2.40. The van der Waals surface area contributed by atoms with Crippen LogP contribution in [0.2, 0.25) is 0 Å². The molecule has 4 heteroatoms. The Bertz CT molecular complexity index is 476. The van der Waals surface area contributed by atoms with Crippen LogP contribution in [0, 0.1) is 0 Å². The molecule has 1 amide bonds. The molecule has 0 heterocycles. The average Bonchev–Trinajstić information content (AvgIpc) is 2.78. The summed E-state index contributed by atoms with van der Waals surface area (Å²) in [7, 11) is 0. The van der Waals surface area contributed by atoms with E-state index in [9.17, 15) is 14.7 Å². The van der Waals surface area contributed by atoms with Gasteiger partial charge in [-0.3, -0.25) is 9.59 Å². The predicted molar refractivity (Wildman–Crippen MR) is 68.5 cm³/mol. The smallest absolute Gasteiger partial charge is 0.256 e. The number of ketones is 1. The van der Waals surface area contributed by atoms with Crippen molar-refractivity contribution in [2.24, 2.45) is 0 Å². The molecule has 0 atom stereocenters. The first kappa shape index (κ1) is 12.8. The van der Waals surface area contributed by atoms with Crippen molar-refractivity contribution in [1.82, 2.24) is 0 Å². The molecule has 4 nitrogen and oxygen atoms in total. The van der Waals surface area contributed by atoms with E-state index in [4.69, 9.17) is 0 Å². The van der Waals surface area contributed by atoms with Gasteiger partial charge in [-0.25, -0.2) is 0 Å². The minimum absolute atomic E-state index is 0.0503. The van der Waals surface area contributed by atoms with Crippen molar-refractivity contribution in [3.05, 3.63) is 29.8 Å². The molecule has 96 valence electrons. The third kappa shape index (κ3) is 2.59. The van der Waals surface area contributed by atoms with Gasteiger partial charge in [0.25, 0.3) is 5.91 Å². The predicted octanol–water partition coefficient (Wildman–Crippen LogP) is 2.13. The zero-order valence-corrected chi connectivity index (χ0v) is 10.4. The first-order chi connectivity index (χ1) is 8.51. The van der Waals surface area contributed by atoms with Crippen molar-refractivity contribution in [3.63, 3.8) is 0 Å². The zero-order chi connectivity index (χ0) is 13.2. The summed E-state index contributed by atoms with van der Waals surface area (Å²) in [6, 6.07) is 6.74. The van der Waals surface area contributed by atoms with Gasteiger partial charge in [-0.05, 0) is 44.7 Å². The van der Waals surface area contributed by atoms with Gasteiger partial charge in [0, 0.05) is 11.3 Å².